The number of hydrogen-bond acceptors (Lipinski definition) is 3. The van der Waals surface area contributed by atoms with Crippen molar-refractivity contribution in [1.82, 2.24) is 10.2 Å². The van der Waals surface area contributed by atoms with Crippen molar-refractivity contribution in [3.05, 3.63) is 62.5 Å². The van der Waals surface area contributed by atoms with Crippen molar-refractivity contribution in [2.75, 3.05) is 13.2 Å². The average molecular weight is 568 g/mol. The zero-order chi connectivity index (χ0) is 23.7. The van der Waals surface area contributed by atoms with E-state index in [2.05, 4.69) is 57.9 Å². The number of benzene rings is 2. The summed E-state index contributed by atoms with van der Waals surface area (Å²) in [5.41, 5.74) is 2.13. The molecule has 0 aliphatic carbocycles. The molecule has 5 nitrogen and oxygen atoms in total. The van der Waals surface area contributed by atoms with E-state index in [0.29, 0.717) is 24.8 Å². The molecule has 32 heavy (non-hydrogen) atoms. The third kappa shape index (κ3) is 7.93. The fourth-order valence-corrected chi connectivity index (χ4v) is 3.90. The van der Waals surface area contributed by atoms with Gasteiger partial charge in [-0.2, -0.15) is 0 Å². The number of amides is 2. The Morgan fingerprint density at radius 3 is 2.34 bits per heavy atom. The van der Waals surface area contributed by atoms with Gasteiger partial charge >= 0.3 is 0 Å². The predicted molar refractivity (Wildman–Crippen MR) is 136 cm³/mol. The minimum atomic E-state index is -0.613. The fraction of sp³-hybridized carbons (Fsp3) is 0.440. The molecule has 0 radical (unpaired) electrons. The van der Waals surface area contributed by atoms with Crippen LogP contribution in [0.25, 0.3) is 0 Å². The lowest BCUT2D eigenvalue weighted by atomic mass is 10.0. The second-order valence-electron chi connectivity index (χ2n) is 8.10. The Morgan fingerprint density at radius 1 is 1.06 bits per heavy atom. The summed E-state index contributed by atoms with van der Waals surface area (Å²) in [6.45, 7) is 8.85. The SMILES string of the molecule is CCCCNC(=O)[C@@H](C)N(Cc1ccc(Br)cc1)C(=O)COc1ccc(C(C)C)cc1Br. The first-order valence-electron chi connectivity index (χ1n) is 11.0. The van der Waals surface area contributed by atoms with Crippen molar-refractivity contribution in [2.24, 2.45) is 0 Å². The van der Waals surface area contributed by atoms with Crippen LogP contribution in [0, 0.1) is 0 Å². The zero-order valence-corrected chi connectivity index (χ0v) is 22.3. The number of rotatable bonds is 11. The molecule has 0 bridgehead atoms. The number of ether oxygens (including phenoxy) is 1. The van der Waals surface area contributed by atoms with Gasteiger partial charge in [0.1, 0.15) is 11.8 Å². The second-order valence-corrected chi connectivity index (χ2v) is 9.87. The maximum Gasteiger partial charge on any atom is 0.261 e. The van der Waals surface area contributed by atoms with Crippen LogP contribution in [0.15, 0.2) is 51.4 Å². The second kappa shape index (κ2) is 13.0. The van der Waals surface area contributed by atoms with Crippen molar-refractivity contribution in [1.29, 1.82) is 0 Å². The Hall–Kier alpha value is -1.86. The highest BCUT2D eigenvalue weighted by Gasteiger charge is 2.26. The van der Waals surface area contributed by atoms with Crippen LogP contribution >= 0.6 is 31.9 Å². The fourth-order valence-electron chi connectivity index (χ4n) is 3.12. The Bertz CT molecular complexity index is 901. The van der Waals surface area contributed by atoms with E-state index in [-0.39, 0.29) is 18.4 Å². The van der Waals surface area contributed by atoms with Crippen molar-refractivity contribution >= 4 is 43.7 Å². The lowest BCUT2D eigenvalue weighted by Gasteiger charge is -2.29. The standard InChI is InChI=1S/C25H32Br2N2O3/c1-5-6-13-28-25(31)18(4)29(15-19-7-10-21(26)11-8-19)24(30)16-32-23-12-9-20(17(2)3)14-22(23)27/h7-12,14,17-18H,5-6,13,15-16H2,1-4H3,(H,28,31)/t18-/m1/s1. The molecule has 2 rings (SSSR count). The predicted octanol–water partition coefficient (Wildman–Crippen LogP) is 6.05. The number of nitrogens with one attached hydrogen (secondary N) is 1. The molecular weight excluding hydrogens is 536 g/mol. The van der Waals surface area contributed by atoms with E-state index in [4.69, 9.17) is 4.74 Å². The van der Waals surface area contributed by atoms with Gasteiger partial charge in [-0.05, 0) is 70.6 Å². The molecule has 0 aliphatic heterocycles. The topological polar surface area (TPSA) is 58.6 Å². The van der Waals surface area contributed by atoms with Gasteiger partial charge in [0, 0.05) is 17.6 Å². The number of halogens is 2. The van der Waals surface area contributed by atoms with Gasteiger partial charge in [-0.3, -0.25) is 9.59 Å². The number of carbonyl (C=O) groups excluding carboxylic acids is 2. The smallest absolute Gasteiger partial charge is 0.261 e. The molecule has 1 N–H and O–H groups in total. The molecule has 7 heteroatoms. The van der Waals surface area contributed by atoms with Gasteiger partial charge < -0.3 is 15.0 Å². The maximum absolute atomic E-state index is 13.1. The molecule has 0 aliphatic rings. The largest absolute Gasteiger partial charge is 0.483 e. The minimum absolute atomic E-state index is 0.150. The van der Waals surface area contributed by atoms with Crippen LogP contribution in [0.1, 0.15) is 57.6 Å². The molecule has 2 aromatic rings. The summed E-state index contributed by atoms with van der Waals surface area (Å²) >= 11 is 6.96. The Morgan fingerprint density at radius 2 is 1.75 bits per heavy atom. The van der Waals surface area contributed by atoms with E-state index < -0.39 is 6.04 Å². The van der Waals surface area contributed by atoms with Crippen LogP contribution in [0.2, 0.25) is 0 Å². The molecule has 0 fully saturated rings. The monoisotopic (exact) mass is 566 g/mol. The lowest BCUT2D eigenvalue weighted by molar-refractivity contribution is -0.142. The summed E-state index contributed by atoms with van der Waals surface area (Å²) in [7, 11) is 0. The molecule has 174 valence electrons. The molecule has 0 aromatic heterocycles. The summed E-state index contributed by atoms with van der Waals surface area (Å²) < 4.78 is 7.59. The van der Waals surface area contributed by atoms with E-state index in [1.165, 1.54) is 5.56 Å². The van der Waals surface area contributed by atoms with Crippen LogP contribution in [-0.2, 0) is 16.1 Å². The van der Waals surface area contributed by atoms with E-state index in [9.17, 15) is 9.59 Å². The molecule has 0 saturated heterocycles. The number of unbranched alkanes of at least 4 members (excludes halogenated alkanes) is 1. The van der Waals surface area contributed by atoms with Crippen molar-refractivity contribution < 1.29 is 14.3 Å². The van der Waals surface area contributed by atoms with Crippen LogP contribution < -0.4 is 10.1 Å². The van der Waals surface area contributed by atoms with Gasteiger partial charge in [0.2, 0.25) is 5.91 Å². The summed E-state index contributed by atoms with van der Waals surface area (Å²) in [5.74, 6) is 0.596. The first kappa shape index (κ1) is 26.4. The third-order valence-corrected chi connectivity index (χ3v) is 6.39. The van der Waals surface area contributed by atoms with Gasteiger partial charge in [0.15, 0.2) is 6.61 Å². The van der Waals surface area contributed by atoms with Gasteiger partial charge in [-0.1, -0.05) is 61.3 Å². The molecule has 1 atom stereocenters. The van der Waals surface area contributed by atoms with Gasteiger partial charge in [-0.15, -0.1) is 0 Å². The molecule has 2 aromatic carbocycles. The maximum atomic E-state index is 13.1. The zero-order valence-electron chi connectivity index (χ0n) is 19.2. The highest BCUT2D eigenvalue weighted by atomic mass is 79.9. The van der Waals surface area contributed by atoms with Crippen LogP contribution in [0.3, 0.4) is 0 Å². The number of nitrogens with zero attached hydrogens (tertiary/aromatic N) is 1. The highest BCUT2D eigenvalue weighted by Crippen LogP contribution is 2.29. The summed E-state index contributed by atoms with van der Waals surface area (Å²) in [4.78, 5) is 27.4. The Balaban J connectivity index is 2.13. The first-order valence-corrected chi connectivity index (χ1v) is 12.5. The van der Waals surface area contributed by atoms with Crippen LogP contribution in [-0.4, -0.2) is 35.9 Å². The van der Waals surface area contributed by atoms with Crippen molar-refractivity contribution in [3.63, 3.8) is 0 Å². The quantitative estimate of drug-likeness (QED) is 0.336. The van der Waals surface area contributed by atoms with Crippen LogP contribution in [0.5, 0.6) is 5.75 Å². The average Bonchev–Trinajstić information content (AvgIpc) is 2.77. The normalized spacial score (nSPS) is 11.8. The number of hydrogen-bond donors (Lipinski definition) is 1. The van der Waals surface area contributed by atoms with E-state index in [1.807, 2.05) is 42.5 Å². The van der Waals surface area contributed by atoms with Gasteiger partial charge in [-0.25, -0.2) is 0 Å². The van der Waals surface area contributed by atoms with Gasteiger partial charge in [0.05, 0.1) is 4.47 Å². The van der Waals surface area contributed by atoms with E-state index in [1.54, 1.807) is 11.8 Å². The molecule has 0 saturated carbocycles. The molecule has 2 amide bonds. The minimum Gasteiger partial charge on any atom is -0.483 e. The number of carbonyl (C=O) groups is 2. The summed E-state index contributed by atoms with van der Waals surface area (Å²) in [6.07, 6.45) is 1.90. The van der Waals surface area contributed by atoms with Crippen molar-refractivity contribution in [3.8, 4) is 5.75 Å². The van der Waals surface area contributed by atoms with Crippen molar-refractivity contribution in [2.45, 2.75) is 59.0 Å². The molecule has 0 unspecified atom stereocenters. The Labute approximate surface area is 208 Å². The Kier molecular flexibility index (Phi) is 10.7. The van der Waals surface area contributed by atoms with Gasteiger partial charge in [0.25, 0.3) is 5.91 Å². The van der Waals surface area contributed by atoms with E-state index >= 15 is 0 Å². The lowest BCUT2D eigenvalue weighted by Crippen LogP contribution is -2.49. The third-order valence-electron chi connectivity index (χ3n) is 5.24. The highest BCUT2D eigenvalue weighted by molar-refractivity contribution is 9.10. The van der Waals surface area contributed by atoms with Crippen LogP contribution in [0.4, 0.5) is 0 Å². The summed E-state index contributed by atoms with van der Waals surface area (Å²) in [5, 5.41) is 2.92. The summed E-state index contributed by atoms with van der Waals surface area (Å²) in [6, 6.07) is 13.0. The molecule has 0 heterocycles. The molecular formula is C25H32Br2N2O3. The first-order chi connectivity index (χ1) is 15.2. The molecule has 0 spiro atoms. The van der Waals surface area contributed by atoms with E-state index in [0.717, 1.165) is 27.4 Å².